The summed E-state index contributed by atoms with van der Waals surface area (Å²) in [6.45, 7) is 6.94. The number of β-lactam (4-membered cyclic amide) rings is 1. The molecule has 0 aromatic carbocycles. The summed E-state index contributed by atoms with van der Waals surface area (Å²) in [6, 6.07) is -0.252. The van der Waals surface area contributed by atoms with Gasteiger partial charge in [0.2, 0.25) is 5.91 Å². The molecule has 0 aromatic rings. The van der Waals surface area contributed by atoms with E-state index in [2.05, 4.69) is 10.3 Å². The first-order valence-electron chi connectivity index (χ1n) is 8.29. The molecule has 0 saturated carbocycles. The van der Waals surface area contributed by atoms with Crippen LogP contribution in [0.1, 0.15) is 27.2 Å². The number of aliphatic imine (C=N–C) groups is 1. The average Bonchev–Trinajstić information content (AvgIpc) is 2.77. The first kappa shape index (κ1) is 17.3. The number of thioether (sulfide) groups is 1. The number of nitrogens with one attached hydrogen (secondary N) is 1. The van der Waals surface area contributed by atoms with Crippen molar-refractivity contribution in [2.24, 2.45) is 16.8 Å². The summed E-state index contributed by atoms with van der Waals surface area (Å²) >= 11 is 1.50. The van der Waals surface area contributed by atoms with Crippen LogP contribution in [0, 0.1) is 11.8 Å². The van der Waals surface area contributed by atoms with Gasteiger partial charge < -0.3 is 20.4 Å². The first-order valence-corrected chi connectivity index (χ1v) is 9.17. The van der Waals surface area contributed by atoms with Crippen LogP contribution in [0.4, 0.5) is 0 Å². The van der Waals surface area contributed by atoms with E-state index in [-0.39, 0.29) is 28.8 Å². The fraction of sp³-hybridized carbons (Fsp3) is 0.688. The fourth-order valence-electron chi connectivity index (χ4n) is 3.74. The maximum absolute atomic E-state index is 12.3. The van der Waals surface area contributed by atoms with Crippen molar-refractivity contribution in [3.8, 4) is 0 Å². The lowest BCUT2D eigenvalue weighted by Crippen LogP contribution is -2.63. The number of rotatable bonds is 5. The van der Waals surface area contributed by atoms with E-state index >= 15 is 0 Å². The number of fused-ring (bicyclic) bond motifs is 1. The molecule has 7 nitrogen and oxygen atoms in total. The number of amides is 1. The Balaban J connectivity index is 1.83. The molecule has 132 valence electrons. The molecule has 3 aliphatic heterocycles. The van der Waals surface area contributed by atoms with Crippen LogP contribution < -0.4 is 5.32 Å². The Morgan fingerprint density at radius 1 is 1.54 bits per heavy atom. The minimum absolute atomic E-state index is 0.0877. The summed E-state index contributed by atoms with van der Waals surface area (Å²) in [7, 11) is 0. The van der Waals surface area contributed by atoms with Gasteiger partial charge in [-0.1, -0.05) is 13.8 Å². The van der Waals surface area contributed by atoms with Gasteiger partial charge in [0.25, 0.3) is 0 Å². The lowest BCUT2D eigenvalue weighted by Gasteiger charge is -2.46. The van der Waals surface area contributed by atoms with Crippen LogP contribution in [0.25, 0.3) is 0 Å². The molecule has 1 saturated heterocycles. The molecule has 0 radical (unpaired) electrons. The lowest BCUT2D eigenvalue weighted by atomic mass is 9.79. The third-order valence-corrected chi connectivity index (χ3v) is 6.43. The predicted octanol–water partition coefficient (Wildman–Crippen LogP) is 0.654. The Morgan fingerprint density at radius 3 is 2.75 bits per heavy atom. The van der Waals surface area contributed by atoms with Crippen molar-refractivity contribution in [1.29, 1.82) is 0 Å². The van der Waals surface area contributed by atoms with Crippen LogP contribution in [-0.2, 0) is 9.59 Å². The number of carboxylic acid groups (broad SMARTS) is 1. The summed E-state index contributed by atoms with van der Waals surface area (Å²) in [5, 5.41) is 22.9. The molecule has 3 N–H and O–H groups in total. The zero-order valence-electron chi connectivity index (χ0n) is 14.0. The summed E-state index contributed by atoms with van der Waals surface area (Å²) in [4.78, 5) is 30.6. The van der Waals surface area contributed by atoms with Crippen LogP contribution in [-0.4, -0.2) is 63.3 Å². The predicted molar refractivity (Wildman–Crippen MR) is 91.6 cm³/mol. The van der Waals surface area contributed by atoms with Crippen molar-refractivity contribution in [2.75, 3.05) is 13.1 Å². The Labute approximate surface area is 145 Å². The van der Waals surface area contributed by atoms with Crippen molar-refractivity contribution >= 4 is 29.5 Å². The molecule has 8 heteroatoms. The molecule has 4 unspecified atom stereocenters. The van der Waals surface area contributed by atoms with Crippen molar-refractivity contribution in [2.45, 2.75) is 44.6 Å². The Kier molecular flexibility index (Phi) is 4.61. The van der Waals surface area contributed by atoms with Crippen molar-refractivity contribution in [3.05, 3.63) is 10.6 Å². The van der Waals surface area contributed by atoms with E-state index in [0.717, 1.165) is 23.7 Å². The van der Waals surface area contributed by atoms with Crippen LogP contribution in [0.2, 0.25) is 0 Å². The molecule has 5 atom stereocenters. The molecule has 0 bridgehead atoms. The number of aliphatic hydroxyl groups is 1. The molecule has 1 fully saturated rings. The molecule has 24 heavy (non-hydrogen) atoms. The highest BCUT2D eigenvalue weighted by Gasteiger charge is 2.60. The standard InChI is InChI=1S/C16H23N3O4S/c1-4-10-17-5-9(6-18-10)24-14-7(2)12-11(8(3)20)15(21)19(12)13(14)16(22)23/h7-9,11-12,20H,4-6H2,1-3H3,(H,17,18)(H,22,23)/t7?,8?,11?,12-/m1/s1. The number of nitrogens with zero attached hydrogens (tertiary/aromatic N) is 2. The number of carbonyl (C=O) groups excluding carboxylic acids is 1. The molecule has 0 aliphatic carbocycles. The number of hydrogen-bond donors (Lipinski definition) is 3. The van der Waals surface area contributed by atoms with Crippen LogP contribution in [0.5, 0.6) is 0 Å². The number of aliphatic hydroxyl groups excluding tert-OH is 1. The summed E-state index contributed by atoms with van der Waals surface area (Å²) in [5.41, 5.74) is 0.0877. The summed E-state index contributed by atoms with van der Waals surface area (Å²) < 4.78 is 0. The number of carbonyl (C=O) groups is 2. The van der Waals surface area contributed by atoms with Gasteiger partial charge in [0, 0.05) is 29.0 Å². The van der Waals surface area contributed by atoms with Gasteiger partial charge >= 0.3 is 5.97 Å². The second kappa shape index (κ2) is 6.40. The quantitative estimate of drug-likeness (QED) is 0.628. The van der Waals surface area contributed by atoms with E-state index in [1.807, 2.05) is 13.8 Å². The van der Waals surface area contributed by atoms with E-state index in [1.165, 1.54) is 16.7 Å². The zero-order chi connectivity index (χ0) is 17.6. The largest absolute Gasteiger partial charge is 0.477 e. The molecule has 3 rings (SSSR count). The van der Waals surface area contributed by atoms with Crippen molar-refractivity contribution < 1.29 is 19.8 Å². The van der Waals surface area contributed by atoms with Gasteiger partial charge in [-0.3, -0.25) is 9.79 Å². The third-order valence-electron chi connectivity index (χ3n) is 4.96. The van der Waals surface area contributed by atoms with Crippen molar-refractivity contribution in [1.82, 2.24) is 10.2 Å². The Hall–Kier alpha value is -1.54. The van der Waals surface area contributed by atoms with Gasteiger partial charge in [0.05, 0.1) is 30.4 Å². The SMILES string of the molecule is CCC1=NCC(SC2=C(C(=O)O)N3C(=O)C(C(C)O)[C@H]3C2C)CN1. The van der Waals surface area contributed by atoms with E-state index in [9.17, 15) is 19.8 Å². The molecule has 1 amide bonds. The first-order chi connectivity index (χ1) is 11.4. The van der Waals surface area contributed by atoms with Crippen LogP contribution in [0.15, 0.2) is 15.6 Å². The van der Waals surface area contributed by atoms with Crippen molar-refractivity contribution in [3.63, 3.8) is 0 Å². The smallest absolute Gasteiger partial charge is 0.353 e. The molecule has 3 heterocycles. The van der Waals surface area contributed by atoms with E-state index in [4.69, 9.17) is 0 Å². The number of aliphatic carboxylic acids is 1. The lowest BCUT2D eigenvalue weighted by molar-refractivity contribution is -0.163. The monoisotopic (exact) mass is 353 g/mol. The average molecular weight is 353 g/mol. The van der Waals surface area contributed by atoms with Gasteiger partial charge in [0.1, 0.15) is 5.70 Å². The van der Waals surface area contributed by atoms with Gasteiger partial charge in [0.15, 0.2) is 0 Å². The van der Waals surface area contributed by atoms with Crippen LogP contribution >= 0.6 is 11.8 Å². The number of amidine groups is 1. The highest BCUT2D eigenvalue weighted by molar-refractivity contribution is 8.03. The highest BCUT2D eigenvalue weighted by atomic mass is 32.2. The van der Waals surface area contributed by atoms with Crippen LogP contribution in [0.3, 0.4) is 0 Å². The van der Waals surface area contributed by atoms with Gasteiger partial charge in [-0.15, -0.1) is 11.8 Å². The number of carboxylic acids is 1. The second-order valence-corrected chi connectivity index (χ2v) is 7.88. The van der Waals surface area contributed by atoms with Gasteiger partial charge in [-0.2, -0.15) is 0 Å². The second-order valence-electron chi connectivity index (χ2n) is 6.53. The normalized spacial score (nSPS) is 33.6. The Morgan fingerprint density at radius 2 is 2.25 bits per heavy atom. The van der Waals surface area contributed by atoms with Gasteiger partial charge in [-0.25, -0.2) is 4.79 Å². The number of hydrogen-bond acceptors (Lipinski definition) is 6. The summed E-state index contributed by atoms with van der Waals surface area (Å²) in [5.74, 6) is -0.989. The minimum atomic E-state index is -1.08. The molecule has 0 aromatic heterocycles. The third kappa shape index (κ3) is 2.61. The molecule has 0 spiro atoms. The Bertz CT molecular complexity index is 631. The van der Waals surface area contributed by atoms with E-state index < -0.39 is 18.0 Å². The zero-order valence-corrected chi connectivity index (χ0v) is 14.8. The maximum atomic E-state index is 12.3. The molecular formula is C16H23N3O4S. The van der Waals surface area contributed by atoms with Gasteiger partial charge in [-0.05, 0) is 6.92 Å². The molecular weight excluding hydrogens is 330 g/mol. The maximum Gasteiger partial charge on any atom is 0.353 e. The minimum Gasteiger partial charge on any atom is -0.477 e. The fourth-order valence-corrected chi connectivity index (χ4v) is 5.06. The van der Waals surface area contributed by atoms with E-state index in [0.29, 0.717) is 6.54 Å². The summed E-state index contributed by atoms with van der Waals surface area (Å²) in [6.07, 6.45) is 0.0887. The highest BCUT2D eigenvalue weighted by Crippen LogP contribution is 2.51. The topological polar surface area (TPSA) is 102 Å². The van der Waals surface area contributed by atoms with E-state index in [1.54, 1.807) is 6.92 Å². The molecule has 3 aliphatic rings.